The van der Waals surface area contributed by atoms with Crippen LogP contribution in [-0.2, 0) is 9.53 Å². The first-order valence-electron chi connectivity index (χ1n) is 9.62. The van der Waals surface area contributed by atoms with Crippen LogP contribution in [-0.4, -0.2) is 82.2 Å². The molecule has 2 rings (SSSR count). The number of benzene rings is 1. The fourth-order valence-electron chi connectivity index (χ4n) is 3.11. The Kier molecular flexibility index (Phi) is 9.07. The zero-order chi connectivity index (χ0) is 19.5. The van der Waals surface area contributed by atoms with Gasteiger partial charge in [0.25, 0.3) is 0 Å². The molecule has 1 heterocycles. The van der Waals surface area contributed by atoms with E-state index >= 15 is 0 Å². The number of methoxy groups -OCH3 is 1. The summed E-state index contributed by atoms with van der Waals surface area (Å²) in [5.74, 6) is 0.615. The zero-order valence-corrected chi connectivity index (χ0v) is 16.8. The number of nitrogens with zero attached hydrogens (tertiary/aromatic N) is 3. The van der Waals surface area contributed by atoms with E-state index in [4.69, 9.17) is 4.74 Å². The van der Waals surface area contributed by atoms with Gasteiger partial charge in [0.2, 0.25) is 5.91 Å². The summed E-state index contributed by atoms with van der Waals surface area (Å²) >= 11 is 0. The Bertz CT molecular complexity index is 585. The molecule has 7 nitrogen and oxygen atoms in total. The van der Waals surface area contributed by atoms with Gasteiger partial charge in [0.05, 0.1) is 12.6 Å². The molecule has 0 aromatic heterocycles. The fraction of sp³-hybridized carbons (Fsp3) is 0.600. The summed E-state index contributed by atoms with van der Waals surface area (Å²) in [4.78, 5) is 20.4. The predicted octanol–water partition coefficient (Wildman–Crippen LogP) is 1.09. The van der Waals surface area contributed by atoms with E-state index < -0.39 is 0 Å². The van der Waals surface area contributed by atoms with Crippen molar-refractivity contribution in [1.29, 1.82) is 0 Å². The highest BCUT2D eigenvalue weighted by Crippen LogP contribution is 2.24. The molecule has 0 spiro atoms. The Balaban J connectivity index is 2.03. The van der Waals surface area contributed by atoms with Crippen LogP contribution < -0.4 is 10.6 Å². The zero-order valence-electron chi connectivity index (χ0n) is 16.8. The second-order valence-electron chi connectivity index (χ2n) is 6.92. The van der Waals surface area contributed by atoms with Crippen LogP contribution in [0.1, 0.15) is 24.4 Å². The molecule has 1 amide bonds. The molecule has 1 aromatic rings. The molecule has 1 saturated heterocycles. The number of guanidine groups is 1. The van der Waals surface area contributed by atoms with Crippen molar-refractivity contribution in [2.24, 2.45) is 4.99 Å². The van der Waals surface area contributed by atoms with E-state index in [0.717, 1.165) is 19.6 Å². The number of hydrogen-bond donors (Lipinski definition) is 2. The molecule has 0 radical (unpaired) electrons. The Morgan fingerprint density at radius 3 is 2.56 bits per heavy atom. The number of aliphatic imine (C=N–C) groups is 1. The van der Waals surface area contributed by atoms with E-state index in [-0.39, 0.29) is 18.5 Å². The molecule has 1 fully saturated rings. The average molecular weight is 376 g/mol. The van der Waals surface area contributed by atoms with Gasteiger partial charge in [0.1, 0.15) is 6.54 Å². The molecule has 150 valence electrons. The number of nitrogens with one attached hydrogen (secondary N) is 2. The van der Waals surface area contributed by atoms with Gasteiger partial charge in [-0.25, -0.2) is 4.99 Å². The molecule has 0 saturated carbocycles. The van der Waals surface area contributed by atoms with Crippen molar-refractivity contribution in [2.75, 3.05) is 60.5 Å². The maximum atomic E-state index is 11.9. The molecule has 0 aliphatic carbocycles. The first-order chi connectivity index (χ1) is 13.1. The Morgan fingerprint density at radius 2 is 1.93 bits per heavy atom. The Labute approximate surface area is 162 Å². The van der Waals surface area contributed by atoms with Crippen LogP contribution in [0.25, 0.3) is 0 Å². The van der Waals surface area contributed by atoms with E-state index in [0.29, 0.717) is 19.1 Å². The van der Waals surface area contributed by atoms with Crippen molar-refractivity contribution < 1.29 is 9.53 Å². The van der Waals surface area contributed by atoms with Crippen molar-refractivity contribution in [3.8, 4) is 0 Å². The minimum absolute atomic E-state index is 0.0259. The van der Waals surface area contributed by atoms with Gasteiger partial charge in [-0.05, 0) is 31.5 Å². The number of amides is 1. The molecule has 1 aliphatic heterocycles. The standard InChI is InChI=1S/C20H33N5O2/c1-24(2)19(26)16-23-20(21-11-14-27-3)22-15-18(25-12-7-8-13-25)17-9-5-4-6-10-17/h4-6,9-10,18H,7-8,11-16H2,1-3H3,(H2,21,22,23). The van der Waals surface area contributed by atoms with Crippen molar-refractivity contribution in [2.45, 2.75) is 18.9 Å². The highest BCUT2D eigenvalue weighted by atomic mass is 16.5. The van der Waals surface area contributed by atoms with E-state index in [1.165, 1.54) is 18.4 Å². The summed E-state index contributed by atoms with van der Waals surface area (Å²) in [6.45, 7) is 4.30. The Morgan fingerprint density at radius 1 is 1.22 bits per heavy atom. The predicted molar refractivity (Wildman–Crippen MR) is 109 cm³/mol. The molecule has 27 heavy (non-hydrogen) atoms. The van der Waals surface area contributed by atoms with Crippen molar-refractivity contribution in [3.63, 3.8) is 0 Å². The summed E-state index contributed by atoms with van der Waals surface area (Å²) in [6.07, 6.45) is 2.49. The Hall–Kier alpha value is -2.12. The van der Waals surface area contributed by atoms with Gasteiger partial charge >= 0.3 is 0 Å². The monoisotopic (exact) mass is 375 g/mol. The second kappa shape index (κ2) is 11.6. The van der Waals surface area contributed by atoms with Gasteiger partial charge in [0, 0.05) is 34.3 Å². The SMILES string of the molecule is COCCNC(=NCC(=O)N(C)C)NCC(c1ccccc1)N1CCCC1. The van der Waals surface area contributed by atoms with Crippen LogP contribution >= 0.6 is 0 Å². The van der Waals surface area contributed by atoms with Gasteiger partial charge in [-0.1, -0.05) is 30.3 Å². The molecule has 1 aliphatic rings. The van der Waals surface area contributed by atoms with Crippen LogP contribution in [0.4, 0.5) is 0 Å². The highest BCUT2D eigenvalue weighted by molar-refractivity contribution is 5.84. The van der Waals surface area contributed by atoms with Crippen molar-refractivity contribution >= 4 is 11.9 Å². The lowest BCUT2D eigenvalue weighted by atomic mass is 10.1. The minimum atomic E-state index is -0.0259. The fourth-order valence-corrected chi connectivity index (χ4v) is 3.11. The molecule has 1 atom stereocenters. The third-order valence-corrected chi connectivity index (χ3v) is 4.70. The lowest BCUT2D eigenvalue weighted by Gasteiger charge is -2.29. The van der Waals surface area contributed by atoms with E-state index in [9.17, 15) is 4.79 Å². The van der Waals surface area contributed by atoms with Crippen LogP contribution in [0.5, 0.6) is 0 Å². The van der Waals surface area contributed by atoms with Crippen LogP contribution in [0, 0.1) is 0 Å². The molecular weight excluding hydrogens is 342 g/mol. The summed E-state index contributed by atoms with van der Waals surface area (Å²) in [5, 5.41) is 6.66. The molecule has 0 bridgehead atoms. The molecular formula is C20H33N5O2. The number of hydrogen-bond acceptors (Lipinski definition) is 4. The third kappa shape index (κ3) is 7.19. The average Bonchev–Trinajstić information content (AvgIpc) is 3.20. The van der Waals surface area contributed by atoms with Gasteiger partial charge in [-0.15, -0.1) is 0 Å². The molecule has 2 N–H and O–H groups in total. The lowest BCUT2D eigenvalue weighted by molar-refractivity contribution is -0.127. The molecule has 1 unspecified atom stereocenters. The smallest absolute Gasteiger partial charge is 0.243 e. The van der Waals surface area contributed by atoms with Crippen LogP contribution in [0.15, 0.2) is 35.3 Å². The van der Waals surface area contributed by atoms with Gasteiger partial charge < -0.3 is 20.3 Å². The van der Waals surface area contributed by atoms with Gasteiger partial charge in [-0.2, -0.15) is 0 Å². The first kappa shape index (κ1) is 21.2. The highest BCUT2D eigenvalue weighted by Gasteiger charge is 2.23. The van der Waals surface area contributed by atoms with Gasteiger partial charge in [-0.3, -0.25) is 9.69 Å². The number of likely N-dealkylation sites (tertiary alicyclic amines) is 1. The summed E-state index contributed by atoms with van der Waals surface area (Å²) in [6, 6.07) is 10.8. The number of rotatable bonds is 9. The number of carbonyl (C=O) groups excluding carboxylic acids is 1. The molecule has 7 heteroatoms. The quantitative estimate of drug-likeness (QED) is 0.384. The molecule has 1 aromatic carbocycles. The summed E-state index contributed by atoms with van der Waals surface area (Å²) < 4.78 is 5.10. The van der Waals surface area contributed by atoms with Crippen molar-refractivity contribution in [1.82, 2.24) is 20.4 Å². The van der Waals surface area contributed by atoms with Gasteiger partial charge in [0.15, 0.2) is 5.96 Å². The summed E-state index contributed by atoms with van der Waals surface area (Å²) in [5.41, 5.74) is 1.30. The van der Waals surface area contributed by atoms with Crippen LogP contribution in [0.2, 0.25) is 0 Å². The number of likely N-dealkylation sites (N-methyl/N-ethyl adjacent to an activating group) is 1. The van der Waals surface area contributed by atoms with E-state index in [2.05, 4.69) is 44.8 Å². The lowest BCUT2D eigenvalue weighted by Crippen LogP contribution is -2.44. The largest absolute Gasteiger partial charge is 0.383 e. The maximum absolute atomic E-state index is 11.9. The minimum Gasteiger partial charge on any atom is -0.383 e. The topological polar surface area (TPSA) is 69.2 Å². The number of ether oxygens (including phenoxy) is 1. The first-order valence-corrected chi connectivity index (χ1v) is 9.62. The second-order valence-corrected chi connectivity index (χ2v) is 6.92. The van der Waals surface area contributed by atoms with Crippen LogP contribution in [0.3, 0.4) is 0 Å². The maximum Gasteiger partial charge on any atom is 0.243 e. The summed E-state index contributed by atoms with van der Waals surface area (Å²) in [7, 11) is 5.14. The van der Waals surface area contributed by atoms with Crippen molar-refractivity contribution in [3.05, 3.63) is 35.9 Å². The number of carbonyl (C=O) groups is 1. The third-order valence-electron chi connectivity index (χ3n) is 4.70. The van der Waals surface area contributed by atoms with E-state index in [1.54, 1.807) is 26.1 Å². The van der Waals surface area contributed by atoms with E-state index in [1.807, 2.05) is 6.07 Å². The normalized spacial score (nSPS) is 16.2.